The number of hydrogen-bond acceptors (Lipinski definition) is 5. The summed E-state index contributed by atoms with van der Waals surface area (Å²) >= 11 is 0. The van der Waals surface area contributed by atoms with E-state index in [9.17, 15) is 14.4 Å². The Balaban J connectivity index is 2.46. The Kier molecular flexibility index (Phi) is 6.94. The Bertz CT molecular complexity index is 486. The fraction of sp³-hybridized carbons (Fsp3) is 0.400. The van der Waals surface area contributed by atoms with Gasteiger partial charge in [-0.3, -0.25) is 9.59 Å². The predicted octanol–water partition coefficient (Wildman–Crippen LogP) is 1.49. The zero-order chi connectivity index (χ0) is 15.7. The van der Waals surface area contributed by atoms with E-state index in [2.05, 4.69) is 0 Å². The molecule has 114 valence electrons. The van der Waals surface area contributed by atoms with Crippen LogP contribution in [0, 0.1) is 0 Å². The van der Waals surface area contributed by atoms with Gasteiger partial charge in [0.2, 0.25) is 5.78 Å². The summed E-state index contributed by atoms with van der Waals surface area (Å²) in [5.41, 5.74) is 0.788. The van der Waals surface area contributed by atoms with Crippen molar-refractivity contribution in [3.05, 3.63) is 30.3 Å². The fourth-order valence-corrected chi connectivity index (χ4v) is 1.75. The number of benzene rings is 1. The molecule has 0 atom stereocenters. The Labute approximate surface area is 123 Å². The standard InChI is InChI=1S/C15H19NO5/c1-2-13(17)15(20)21-10-6-9-16(11-14(18)19)12-7-4-3-5-8-12/h3-5,7-8H,2,6,9-11H2,1H3,(H,18,19). The lowest BCUT2D eigenvalue weighted by atomic mass is 10.2. The summed E-state index contributed by atoms with van der Waals surface area (Å²) in [6.07, 6.45) is 0.568. The van der Waals surface area contributed by atoms with Gasteiger partial charge in [-0.1, -0.05) is 25.1 Å². The van der Waals surface area contributed by atoms with E-state index in [4.69, 9.17) is 9.84 Å². The molecule has 1 rings (SSSR count). The van der Waals surface area contributed by atoms with E-state index in [1.165, 1.54) is 0 Å². The zero-order valence-corrected chi connectivity index (χ0v) is 11.9. The highest BCUT2D eigenvalue weighted by molar-refractivity contribution is 6.33. The van der Waals surface area contributed by atoms with Crippen LogP contribution < -0.4 is 4.90 Å². The maximum atomic E-state index is 11.2. The number of rotatable bonds is 9. The lowest BCUT2D eigenvalue weighted by Gasteiger charge is -2.22. The number of carboxylic acid groups (broad SMARTS) is 1. The van der Waals surface area contributed by atoms with Crippen molar-refractivity contribution in [1.29, 1.82) is 0 Å². The summed E-state index contributed by atoms with van der Waals surface area (Å²) in [6.45, 7) is 1.97. The van der Waals surface area contributed by atoms with Crippen molar-refractivity contribution in [2.75, 3.05) is 24.6 Å². The summed E-state index contributed by atoms with van der Waals surface area (Å²) < 4.78 is 4.82. The smallest absolute Gasteiger partial charge is 0.374 e. The molecule has 1 aromatic carbocycles. The van der Waals surface area contributed by atoms with Crippen molar-refractivity contribution >= 4 is 23.4 Å². The Morgan fingerprint density at radius 3 is 2.43 bits per heavy atom. The van der Waals surface area contributed by atoms with E-state index in [0.29, 0.717) is 13.0 Å². The summed E-state index contributed by atoms with van der Waals surface area (Å²) in [5, 5.41) is 8.92. The van der Waals surface area contributed by atoms with Gasteiger partial charge in [0.05, 0.1) is 6.61 Å². The van der Waals surface area contributed by atoms with Gasteiger partial charge in [-0.05, 0) is 18.6 Å². The number of carbonyl (C=O) groups is 3. The van der Waals surface area contributed by atoms with Crippen LogP contribution in [0.25, 0.3) is 0 Å². The molecule has 0 fully saturated rings. The number of aliphatic carboxylic acids is 1. The average molecular weight is 293 g/mol. The molecule has 6 nitrogen and oxygen atoms in total. The molecule has 0 heterocycles. The van der Waals surface area contributed by atoms with Crippen molar-refractivity contribution in [3.63, 3.8) is 0 Å². The van der Waals surface area contributed by atoms with E-state index in [0.717, 1.165) is 5.69 Å². The van der Waals surface area contributed by atoms with Gasteiger partial charge < -0.3 is 14.7 Å². The number of ketones is 1. The number of nitrogens with zero attached hydrogens (tertiary/aromatic N) is 1. The highest BCUT2D eigenvalue weighted by Crippen LogP contribution is 2.13. The topological polar surface area (TPSA) is 83.9 Å². The number of ether oxygens (including phenoxy) is 1. The van der Waals surface area contributed by atoms with Crippen molar-refractivity contribution < 1.29 is 24.2 Å². The molecule has 0 radical (unpaired) electrons. The fourth-order valence-electron chi connectivity index (χ4n) is 1.75. The maximum absolute atomic E-state index is 11.2. The number of anilines is 1. The second kappa shape index (κ2) is 8.73. The third kappa shape index (κ3) is 6.07. The number of Topliss-reactive ketones (excluding diaryl/α,β-unsaturated/α-hetero) is 1. The first-order chi connectivity index (χ1) is 10.0. The number of carbonyl (C=O) groups excluding carboxylic acids is 2. The Morgan fingerprint density at radius 2 is 1.86 bits per heavy atom. The van der Waals surface area contributed by atoms with Gasteiger partial charge in [0.1, 0.15) is 6.54 Å². The summed E-state index contributed by atoms with van der Waals surface area (Å²) in [4.78, 5) is 34.8. The lowest BCUT2D eigenvalue weighted by molar-refractivity contribution is -0.153. The number of carboxylic acids is 1. The zero-order valence-electron chi connectivity index (χ0n) is 11.9. The second-order valence-corrected chi connectivity index (χ2v) is 4.42. The van der Waals surface area contributed by atoms with Crippen LogP contribution in [-0.2, 0) is 19.1 Å². The third-order valence-corrected chi connectivity index (χ3v) is 2.80. The highest BCUT2D eigenvalue weighted by Gasteiger charge is 2.13. The molecule has 0 amide bonds. The largest absolute Gasteiger partial charge is 0.480 e. The van der Waals surface area contributed by atoms with Crippen LogP contribution in [0.15, 0.2) is 30.3 Å². The van der Waals surface area contributed by atoms with Gasteiger partial charge in [-0.2, -0.15) is 0 Å². The van der Waals surface area contributed by atoms with Crippen LogP contribution in [-0.4, -0.2) is 42.5 Å². The number of para-hydroxylation sites is 1. The van der Waals surface area contributed by atoms with Crippen molar-refractivity contribution in [1.82, 2.24) is 0 Å². The molecule has 0 bridgehead atoms. The summed E-state index contributed by atoms with van der Waals surface area (Å²) in [5.74, 6) is -2.32. The van der Waals surface area contributed by atoms with E-state index in [-0.39, 0.29) is 19.6 Å². The van der Waals surface area contributed by atoms with Gasteiger partial charge in [0.25, 0.3) is 0 Å². The minimum Gasteiger partial charge on any atom is -0.480 e. The highest BCUT2D eigenvalue weighted by atomic mass is 16.5. The molecule has 0 unspecified atom stereocenters. The van der Waals surface area contributed by atoms with Crippen LogP contribution in [0.1, 0.15) is 19.8 Å². The summed E-state index contributed by atoms with van der Waals surface area (Å²) in [6, 6.07) is 9.12. The lowest BCUT2D eigenvalue weighted by Crippen LogP contribution is -2.31. The van der Waals surface area contributed by atoms with Gasteiger partial charge in [0, 0.05) is 18.7 Å². The first-order valence-corrected chi connectivity index (χ1v) is 6.76. The SMILES string of the molecule is CCC(=O)C(=O)OCCCN(CC(=O)O)c1ccccc1. The van der Waals surface area contributed by atoms with E-state index in [1.807, 2.05) is 30.3 Å². The third-order valence-electron chi connectivity index (χ3n) is 2.80. The summed E-state index contributed by atoms with van der Waals surface area (Å²) in [7, 11) is 0. The quantitative estimate of drug-likeness (QED) is 0.422. The molecule has 6 heteroatoms. The molecule has 0 aromatic heterocycles. The van der Waals surface area contributed by atoms with Crippen LogP contribution in [0.4, 0.5) is 5.69 Å². The van der Waals surface area contributed by atoms with Gasteiger partial charge in [-0.25, -0.2) is 4.79 Å². The molecule has 0 aliphatic rings. The molecule has 0 aliphatic heterocycles. The van der Waals surface area contributed by atoms with Crippen LogP contribution in [0.2, 0.25) is 0 Å². The van der Waals surface area contributed by atoms with Gasteiger partial charge in [-0.15, -0.1) is 0 Å². The molecule has 0 aliphatic carbocycles. The molecule has 21 heavy (non-hydrogen) atoms. The molecular formula is C15H19NO5. The second-order valence-electron chi connectivity index (χ2n) is 4.42. The minimum absolute atomic E-state index is 0.0908. The molecule has 1 aromatic rings. The molecular weight excluding hydrogens is 274 g/mol. The van der Waals surface area contributed by atoms with Gasteiger partial charge >= 0.3 is 11.9 Å². The maximum Gasteiger partial charge on any atom is 0.374 e. The molecule has 0 spiro atoms. The van der Waals surface area contributed by atoms with Crippen molar-refractivity contribution in [2.45, 2.75) is 19.8 Å². The first-order valence-electron chi connectivity index (χ1n) is 6.76. The predicted molar refractivity (Wildman–Crippen MR) is 77.2 cm³/mol. The Morgan fingerprint density at radius 1 is 1.19 bits per heavy atom. The van der Waals surface area contributed by atoms with Crippen molar-refractivity contribution in [2.24, 2.45) is 0 Å². The van der Waals surface area contributed by atoms with Crippen LogP contribution >= 0.6 is 0 Å². The Hall–Kier alpha value is -2.37. The monoisotopic (exact) mass is 293 g/mol. The number of esters is 1. The normalized spacial score (nSPS) is 9.95. The minimum atomic E-state index is -0.933. The van der Waals surface area contributed by atoms with Crippen LogP contribution in [0.5, 0.6) is 0 Å². The first kappa shape index (κ1) is 16.7. The van der Waals surface area contributed by atoms with E-state index in [1.54, 1.807) is 11.8 Å². The van der Waals surface area contributed by atoms with Gasteiger partial charge in [0.15, 0.2) is 0 Å². The molecule has 0 saturated carbocycles. The van der Waals surface area contributed by atoms with Crippen LogP contribution in [0.3, 0.4) is 0 Å². The average Bonchev–Trinajstić information content (AvgIpc) is 2.49. The van der Waals surface area contributed by atoms with E-state index >= 15 is 0 Å². The van der Waals surface area contributed by atoms with E-state index < -0.39 is 17.7 Å². The number of hydrogen-bond donors (Lipinski definition) is 1. The molecule has 1 N–H and O–H groups in total. The molecule has 0 saturated heterocycles. The van der Waals surface area contributed by atoms with Crippen molar-refractivity contribution in [3.8, 4) is 0 Å².